The number of anilines is 1. The lowest BCUT2D eigenvalue weighted by molar-refractivity contribution is -0.136. The third kappa shape index (κ3) is 5.88. The lowest BCUT2D eigenvalue weighted by Gasteiger charge is -2.19. The highest BCUT2D eigenvalue weighted by Gasteiger charge is 2.26. The van der Waals surface area contributed by atoms with E-state index in [1.54, 1.807) is 6.07 Å². The number of nitrogens with one attached hydrogen (secondary N) is 1. The fourth-order valence-corrected chi connectivity index (χ4v) is 5.12. The second-order valence-corrected chi connectivity index (χ2v) is 9.29. The number of carbonyl (C=O) groups is 1. The summed E-state index contributed by atoms with van der Waals surface area (Å²) >= 11 is 0. The van der Waals surface area contributed by atoms with Crippen molar-refractivity contribution in [3.05, 3.63) is 82.2 Å². The number of fused-ring (bicyclic) bond motifs is 1. The van der Waals surface area contributed by atoms with Crippen LogP contribution in [0, 0.1) is 19.7 Å². The number of carboxylic acids is 1. The van der Waals surface area contributed by atoms with Crippen LogP contribution >= 0.6 is 0 Å². The van der Waals surface area contributed by atoms with Crippen molar-refractivity contribution in [3.8, 4) is 16.9 Å². The normalized spacial score (nSPS) is 14.5. The van der Waals surface area contributed by atoms with Gasteiger partial charge in [-0.25, -0.2) is 4.39 Å². The topological polar surface area (TPSA) is 67.8 Å². The zero-order valence-corrected chi connectivity index (χ0v) is 21.2. The van der Waals surface area contributed by atoms with E-state index in [4.69, 9.17) is 14.6 Å². The molecule has 190 valence electrons. The molecule has 1 unspecified atom stereocenters. The number of aryl methyl sites for hydroxylation is 3. The second-order valence-electron chi connectivity index (χ2n) is 9.29. The molecule has 0 saturated heterocycles. The summed E-state index contributed by atoms with van der Waals surface area (Å²) in [7, 11) is 0. The third-order valence-electron chi connectivity index (χ3n) is 6.75. The fraction of sp³-hybridized carbons (Fsp3) is 0.367. The van der Waals surface area contributed by atoms with Gasteiger partial charge in [-0.05, 0) is 103 Å². The molecular weight excluding hydrogens is 457 g/mol. The zero-order chi connectivity index (χ0) is 25.7. The molecule has 5 nitrogen and oxygen atoms in total. The highest BCUT2D eigenvalue weighted by atomic mass is 19.1. The van der Waals surface area contributed by atoms with Gasteiger partial charge in [-0.15, -0.1) is 0 Å². The molecule has 0 spiro atoms. The standard InChI is InChI=1S/C30H34FNO4/c1-4-35-14-15-36-23-16-19(2)30(20(3)17-23)26-7-5-6-25-24(26)11-12-28(25)32-22-10-8-21(27(31)18-22)9-13-29(33)34/h5-8,10,16-18,28,32H,4,9,11-15H2,1-3H3,(H,33,34). The molecule has 2 N–H and O–H groups in total. The summed E-state index contributed by atoms with van der Waals surface area (Å²) in [5, 5.41) is 12.4. The summed E-state index contributed by atoms with van der Waals surface area (Å²) in [6, 6.07) is 15.7. The smallest absolute Gasteiger partial charge is 0.303 e. The van der Waals surface area contributed by atoms with Crippen LogP contribution in [-0.2, 0) is 22.4 Å². The molecule has 4 rings (SSSR count). The number of carboxylic acid groups (broad SMARTS) is 1. The van der Waals surface area contributed by atoms with E-state index in [0.717, 1.165) is 18.6 Å². The molecule has 0 fully saturated rings. The van der Waals surface area contributed by atoms with Gasteiger partial charge in [0.05, 0.1) is 12.6 Å². The zero-order valence-electron chi connectivity index (χ0n) is 21.2. The number of ether oxygens (including phenoxy) is 2. The number of hydrogen-bond acceptors (Lipinski definition) is 4. The lowest BCUT2D eigenvalue weighted by atomic mass is 9.90. The van der Waals surface area contributed by atoms with E-state index in [0.29, 0.717) is 31.1 Å². The first-order valence-corrected chi connectivity index (χ1v) is 12.6. The second kappa shape index (κ2) is 11.6. The van der Waals surface area contributed by atoms with Gasteiger partial charge in [-0.2, -0.15) is 0 Å². The molecule has 3 aromatic rings. The molecule has 0 heterocycles. The van der Waals surface area contributed by atoms with Crippen molar-refractivity contribution >= 4 is 11.7 Å². The van der Waals surface area contributed by atoms with Crippen LogP contribution in [0.4, 0.5) is 10.1 Å². The van der Waals surface area contributed by atoms with Crippen LogP contribution in [-0.4, -0.2) is 30.9 Å². The van der Waals surface area contributed by atoms with Gasteiger partial charge < -0.3 is 19.9 Å². The number of halogens is 1. The van der Waals surface area contributed by atoms with E-state index < -0.39 is 5.97 Å². The Kier molecular flexibility index (Phi) is 8.26. The molecule has 0 saturated carbocycles. The van der Waals surface area contributed by atoms with Crippen LogP contribution in [0.15, 0.2) is 48.5 Å². The third-order valence-corrected chi connectivity index (χ3v) is 6.75. The van der Waals surface area contributed by atoms with Crippen molar-refractivity contribution in [3.63, 3.8) is 0 Å². The van der Waals surface area contributed by atoms with Gasteiger partial charge in [0, 0.05) is 18.7 Å². The minimum atomic E-state index is -0.927. The van der Waals surface area contributed by atoms with Crippen molar-refractivity contribution in [1.82, 2.24) is 0 Å². The predicted octanol–water partition coefficient (Wildman–Crippen LogP) is 6.64. The summed E-state index contributed by atoms with van der Waals surface area (Å²) in [5.41, 5.74) is 8.50. The number of benzene rings is 3. The van der Waals surface area contributed by atoms with Crippen LogP contribution in [0.3, 0.4) is 0 Å². The van der Waals surface area contributed by atoms with Gasteiger partial charge >= 0.3 is 5.97 Å². The molecule has 0 amide bonds. The summed E-state index contributed by atoms with van der Waals surface area (Å²) in [5.74, 6) is -0.443. The number of rotatable bonds is 11. The molecule has 0 bridgehead atoms. The molecule has 1 aliphatic rings. The fourth-order valence-electron chi connectivity index (χ4n) is 5.12. The van der Waals surface area contributed by atoms with Gasteiger partial charge in [0.15, 0.2) is 0 Å². The first-order chi connectivity index (χ1) is 17.4. The minimum Gasteiger partial charge on any atom is -0.491 e. The quantitative estimate of drug-likeness (QED) is 0.294. The average Bonchev–Trinajstić information content (AvgIpc) is 3.24. The van der Waals surface area contributed by atoms with Crippen LogP contribution in [0.1, 0.15) is 53.6 Å². The maximum atomic E-state index is 14.5. The molecule has 0 aromatic heterocycles. The number of hydrogen-bond donors (Lipinski definition) is 2. The first-order valence-electron chi connectivity index (χ1n) is 12.6. The maximum absolute atomic E-state index is 14.5. The Labute approximate surface area is 212 Å². The predicted molar refractivity (Wildman–Crippen MR) is 140 cm³/mol. The molecule has 6 heteroatoms. The highest BCUT2D eigenvalue weighted by Crippen LogP contribution is 2.42. The maximum Gasteiger partial charge on any atom is 0.303 e. The monoisotopic (exact) mass is 491 g/mol. The van der Waals surface area contributed by atoms with E-state index >= 15 is 0 Å². The lowest BCUT2D eigenvalue weighted by Crippen LogP contribution is -2.08. The summed E-state index contributed by atoms with van der Waals surface area (Å²) < 4.78 is 25.8. The van der Waals surface area contributed by atoms with Crippen molar-refractivity contribution in [2.45, 2.75) is 52.5 Å². The first kappa shape index (κ1) is 25.7. The Hall–Kier alpha value is -3.38. The molecule has 1 atom stereocenters. The molecule has 3 aromatic carbocycles. The Morgan fingerprint density at radius 1 is 1.11 bits per heavy atom. The molecule has 36 heavy (non-hydrogen) atoms. The Balaban J connectivity index is 1.53. The van der Waals surface area contributed by atoms with Gasteiger partial charge in [0.2, 0.25) is 0 Å². The highest BCUT2D eigenvalue weighted by molar-refractivity contribution is 5.76. The van der Waals surface area contributed by atoms with Crippen molar-refractivity contribution < 1.29 is 23.8 Å². The van der Waals surface area contributed by atoms with Gasteiger partial charge in [-0.3, -0.25) is 4.79 Å². The van der Waals surface area contributed by atoms with Gasteiger partial charge in [-0.1, -0.05) is 24.3 Å². The van der Waals surface area contributed by atoms with Crippen LogP contribution in [0.2, 0.25) is 0 Å². The van der Waals surface area contributed by atoms with Crippen molar-refractivity contribution in [2.75, 3.05) is 25.1 Å². The summed E-state index contributed by atoms with van der Waals surface area (Å²) in [6.07, 6.45) is 1.97. The molecule has 0 aliphatic heterocycles. The van der Waals surface area contributed by atoms with Crippen molar-refractivity contribution in [2.24, 2.45) is 0 Å². The summed E-state index contributed by atoms with van der Waals surface area (Å²) in [6.45, 7) is 8.00. The molecule has 0 radical (unpaired) electrons. The SMILES string of the molecule is CCOCCOc1cc(C)c(-c2cccc3c2CCC3Nc2ccc(CCC(=O)O)c(F)c2)c(C)c1. The van der Waals surface area contributed by atoms with Gasteiger partial charge in [0.1, 0.15) is 18.2 Å². The Bertz CT molecular complexity index is 1220. The van der Waals surface area contributed by atoms with Gasteiger partial charge in [0.25, 0.3) is 0 Å². The minimum absolute atomic E-state index is 0.0817. The number of aliphatic carboxylic acids is 1. The average molecular weight is 492 g/mol. The van der Waals surface area contributed by atoms with E-state index in [9.17, 15) is 9.18 Å². The Morgan fingerprint density at radius 2 is 1.89 bits per heavy atom. The van der Waals surface area contributed by atoms with Crippen LogP contribution in [0.25, 0.3) is 11.1 Å². The van der Waals surface area contributed by atoms with Crippen molar-refractivity contribution in [1.29, 1.82) is 0 Å². The molecular formula is C30H34FNO4. The van der Waals surface area contributed by atoms with Crippen LogP contribution < -0.4 is 10.1 Å². The summed E-state index contributed by atoms with van der Waals surface area (Å²) in [4.78, 5) is 10.8. The Morgan fingerprint density at radius 3 is 2.58 bits per heavy atom. The van der Waals surface area contributed by atoms with E-state index in [-0.39, 0.29) is 24.7 Å². The van der Waals surface area contributed by atoms with E-state index in [2.05, 4.69) is 49.5 Å². The van der Waals surface area contributed by atoms with E-state index in [1.165, 1.54) is 39.4 Å². The van der Waals surface area contributed by atoms with E-state index in [1.807, 2.05) is 13.0 Å². The molecule has 1 aliphatic carbocycles. The van der Waals surface area contributed by atoms with Crippen LogP contribution in [0.5, 0.6) is 5.75 Å². The largest absolute Gasteiger partial charge is 0.491 e.